The molecule has 0 fully saturated rings. The molecule has 2 heteroatoms. The zero-order valence-electron chi connectivity index (χ0n) is 10.1. The molecule has 0 aliphatic rings. The second-order valence-corrected chi connectivity index (χ2v) is 6.57. The molecule has 0 spiro atoms. The summed E-state index contributed by atoms with van der Waals surface area (Å²) in [5, 5.41) is 0. The van der Waals surface area contributed by atoms with Crippen molar-refractivity contribution in [3.05, 3.63) is 29.8 Å². The summed E-state index contributed by atoms with van der Waals surface area (Å²) < 4.78 is 5.13. The molecule has 0 heterocycles. The smallest absolute Gasteiger partial charge is 0.118 e. The van der Waals surface area contributed by atoms with Gasteiger partial charge in [-0.3, -0.25) is 0 Å². The van der Waals surface area contributed by atoms with E-state index in [-0.39, 0.29) is 9.74 Å². The summed E-state index contributed by atoms with van der Waals surface area (Å²) in [5.74, 6) is 0.899. The van der Waals surface area contributed by atoms with E-state index >= 15 is 0 Å². The second kappa shape index (κ2) is 4.17. The molecule has 0 amide bonds. The van der Waals surface area contributed by atoms with Gasteiger partial charge < -0.3 is 4.74 Å². The van der Waals surface area contributed by atoms with Gasteiger partial charge in [0.2, 0.25) is 0 Å². The molecule has 0 saturated carbocycles. The maximum atomic E-state index is 5.15. The van der Waals surface area contributed by atoms with Crippen LogP contribution in [-0.2, 0) is 4.32 Å². The number of hydrogen-bond acceptors (Lipinski definition) is 1. The lowest BCUT2D eigenvalue weighted by molar-refractivity contribution is 0.311. The highest BCUT2D eigenvalue weighted by molar-refractivity contribution is 9.09. The van der Waals surface area contributed by atoms with E-state index in [9.17, 15) is 0 Å². The zero-order valence-corrected chi connectivity index (χ0v) is 11.7. The van der Waals surface area contributed by atoms with Gasteiger partial charge in [-0.15, -0.1) is 0 Å². The Morgan fingerprint density at radius 3 is 1.80 bits per heavy atom. The van der Waals surface area contributed by atoms with E-state index in [0.717, 1.165) is 5.75 Å². The Kier molecular flexibility index (Phi) is 3.49. The molecule has 0 aliphatic carbocycles. The maximum absolute atomic E-state index is 5.15. The Labute approximate surface area is 101 Å². The first-order chi connectivity index (χ1) is 6.79. The van der Waals surface area contributed by atoms with Crippen LogP contribution < -0.4 is 4.74 Å². The summed E-state index contributed by atoms with van der Waals surface area (Å²) in [6, 6.07) is 8.22. The van der Waals surface area contributed by atoms with Crippen molar-refractivity contribution < 1.29 is 4.74 Å². The Bertz CT molecular complexity index is 319. The van der Waals surface area contributed by atoms with Crippen molar-refractivity contribution in [1.82, 2.24) is 0 Å². The summed E-state index contributed by atoms with van der Waals surface area (Å²) in [6.07, 6.45) is 0. The lowest BCUT2D eigenvalue weighted by Gasteiger charge is -2.37. The lowest BCUT2D eigenvalue weighted by Crippen LogP contribution is -2.30. The Morgan fingerprint density at radius 2 is 1.47 bits per heavy atom. The van der Waals surface area contributed by atoms with Crippen molar-refractivity contribution >= 4 is 15.9 Å². The molecule has 1 atom stereocenters. The predicted octanol–water partition coefficient (Wildman–Crippen LogP) is 4.35. The second-order valence-electron chi connectivity index (χ2n) is 4.98. The third-order valence-electron chi connectivity index (χ3n) is 3.04. The van der Waals surface area contributed by atoms with Crippen molar-refractivity contribution in [2.75, 3.05) is 7.11 Å². The van der Waals surface area contributed by atoms with E-state index in [0.29, 0.717) is 0 Å². The fourth-order valence-electron chi connectivity index (χ4n) is 1.34. The van der Waals surface area contributed by atoms with Crippen LogP contribution in [0.15, 0.2) is 24.3 Å². The topological polar surface area (TPSA) is 9.23 Å². The van der Waals surface area contributed by atoms with Gasteiger partial charge in [0.15, 0.2) is 0 Å². The molecule has 0 aromatic heterocycles. The fraction of sp³-hybridized carbons (Fsp3) is 0.538. The van der Waals surface area contributed by atoms with Crippen molar-refractivity contribution in [3.63, 3.8) is 0 Å². The summed E-state index contributed by atoms with van der Waals surface area (Å²) >= 11 is 3.82. The van der Waals surface area contributed by atoms with Crippen molar-refractivity contribution in [2.24, 2.45) is 5.41 Å². The molecule has 84 valence electrons. The lowest BCUT2D eigenvalue weighted by atomic mass is 9.77. The zero-order chi connectivity index (χ0) is 11.7. The average molecular weight is 271 g/mol. The first-order valence-corrected chi connectivity index (χ1v) is 5.92. The third kappa shape index (κ3) is 2.54. The van der Waals surface area contributed by atoms with Crippen molar-refractivity contribution in [2.45, 2.75) is 32.0 Å². The first kappa shape index (κ1) is 12.6. The minimum atomic E-state index is -0.0216. The van der Waals surface area contributed by atoms with E-state index in [4.69, 9.17) is 4.74 Å². The summed E-state index contributed by atoms with van der Waals surface area (Å²) in [7, 11) is 1.69. The van der Waals surface area contributed by atoms with Crippen LogP contribution in [0.4, 0.5) is 0 Å². The summed E-state index contributed by atoms with van der Waals surface area (Å²) in [5.41, 5.74) is 1.44. The van der Waals surface area contributed by atoms with Crippen LogP contribution in [0.3, 0.4) is 0 Å². The van der Waals surface area contributed by atoms with Crippen LogP contribution in [0.2, 0.25) is 0 Å². The first-order valence-electron chi connectivity index (χ1n) is 5.12. The number of methoxy groups -OCH3 is 1. The monoisotopic (exact) mass is 270 g/mol. The van der Waals surface area contributed by atoms with Crippen LogP contribution in [0.25, 0.3) is 0 Å². The number of hydrogen-bond donors (Lipinski definition) is 0. The molecule has 15 heavy (non-hydrogen) atoms. The number of rotatable bonds is 2. The molecule has 0 radical (unpaired) electrons. The molecule has 1 unspecified atom stereocenters. The maximum Gasteiger partial charge on any atom is 0.118 e. The predicted molar refractivity (Wildman–Crippen MR) is 68.7 cm³/mol. The molecular formula is C13H19BrO. The van der Waals surface area contributed by atoms with Gasteiger partial charge in [0.05, 0.1) is 11.4 Å². The normalized spacial score (nSPS) is 15.9. The molecule has 1 rings (SSSR count). The molecule has 0 bridgehead atoms. The van der Waals surface area contributed by atoms with Gasteiger partial charge >= 0.3 is 0 Å². The summed E-state index contributed by atoms with van der Waals surface area (Å²) in [6.45, 7) is 8.89. The molecular weight excluding hydrogens is 252 g/mol. The number of alkyl halides is 1. The molecule has 1 aromatic rings. The van der Waals surface area contributed by atoms with Crippen LogP contribution in [0.1, 0.15) is 33.3 Å². The third-order valence-corrected chi connectivity index (χ3v) is 4.69. The minimum absolute atomic E-state index is 0.0216. The molecule has 1 nitrogen and oxygen atoms in total. The van der Waals surface area contributed by atoms with Gasteiger partial charge in [-0.2, -0.15) is 0 Å². The van der Waals surface area contributed by atoms with Crippen LogP contribution in [0.5, 0.6) is 5.75 Å². The van der Waals surface area contributed by atoms with Gasteiger partial charge in [0, 0.05) is 0 Å². The Balaban J connectivity index is 3.06. The largest absolute Gasteiger partial charge is 0.497 e. The van der Waals surface area contributed by atoms with Gasteiger partial charge in [-0.05, 0) is 30.0 Å². The Morgan fingerprint density at radius 1 is 1.00 bits per heavy atom. The molecule has 0 saturated heterocycles. The Hall–Kier alpha value is -0.500. The highest BCUT2D eigenvalue weighted by Gasteiger charge is 2.36. The van der Waals surface area contributed by atoms with E-state index in [1.807, 2.05) is 12.1 Å². The van der Waals surface area contributed by atoms with Crippen LogP contribution in [-0.4, -0.2) is 7.11 Å². The fourth-order valence-corrected chi connectivity index (χ4v) is 1.60. The van der Waals surface area contributed by atoms with E-state index in [1.54, 1.807) is 7.11 Å². The number of benzene rings is 1. The molecule has 1 aromatic carbocycles. The highest BCUT2D eigenvalue weighted by Crippen LogP contribution is 2.46. The van der Waals surface area contributed by atoms with E-state index in [1.165, 1.54) is 5.56 Å². The van der Waals surface area contributed by atoms with Crippen LogP contribution >= 0.6 is 15.9 Å². The van der Waals surface area contributed by atoms with Crippen LogP contribution in [0, 0.1) is 5.41 Å². The van der Waals surface area contributed by atoms with Gasteiger partial charge in [-0.1, -0.05) is 48.8 Å². The van der Waals surface area contributed by atoms with E-state index < -0.39 is 0 Å². The average Bonchev–Trinajstić information content (AvgIpc) is 2.16. The SMILES string of the molecule is COc1ccc(C(C)(Br)C(C)(C)C)cc1. The molecule has 0 N–H and O–H groups in total. The minimum Gasteiger partial charge on any atom is -0.497 e. The van der Waals surface area contributed by atoms with Gasteiger partial charge in [0.1, 0.15) is 5.75 Å². The number of halogens is 1. The van der Waals surface area contributed by atoms with Crippen molar-refractivity contribution in [1.29, 1.82) is 0 Å². The summed E-state index contributed by atoms with van der Waals surface area (Å²) in [4.78, 5) is 0. The number of ether oxygens (including phenoxy) is 1. The van der Waals surface area contributed by atoms with Gasteiger partial charge in [0.25, 0.3) is 0 Å². The highest BCUT2D eigenvalue weighted by atomic mass is 79.9. The van der Waals surface area contributed by atoms with Gasteiger partial charge in [-0.25, -0.2) is 0 Å². The van der Waals surface area contributed by atoms with E-state index in [2.05, 4.69) is 55.8 Å². The standard InChI is InChI=1S/C13H19BrO/c1-12(2,3)13(4,14)10-6-8-11(15-5)9-7-10/h6-9H,1-5H3. The quantitative estimate of drug-likeness (QED) is 0.726. The molecule has 0 aliphatic heterocycles. The van der Waals surface area contributed by atoms with Crippen molar-refractivity contribution in [3.8, 4) is 5.75 Å².